The van der Waals surface area contributed by atoms with Crippen molar-refractivity contribution in [2.24, 2.45) is 5.92 Å². The van der Waals surface area contributed by atoms with Crippen LogP contribution in [0.3, 0.4) is 0 Å². The van der Waals surface area contributed by atoms with Gasteiger partial charge in [0, 0.05) is 25.2 Å². The second kappa shape index (κ2) is 7.91. The molecule has 2 heterocycles. The molecular formula is C22H25N3O2. The van der Waals surface area contributed by atoms with Crippen LogP contribution in [-0.2, 0) is 16.1 Å². The zero-order valence-corrected chi connectivity index (χ0v) is 15.5. The van der Waals surface area contributed by atoms with Gasteiger partial charge in [-0.2, -0.15) is 0 Å². The van der Waals surface area contributed by atoms with Crippen molar-refractivity contribution in [2.75, 3.05) is 11.4 Å². The molecule has 1 aromatic heterocycles. The summed E-state index contributed by atoms with van der Waals surface area (Å²) in [6.45, 7) is 1.01. The molecule has 0 radical (unpaired) electrons. The quantitative estimate of drug-likeness (QED) is 0.818. The number of likely N-dealkylation sites (tertiary alicyclic amines) is 1. The lowest BCUT2D eigenvalue weighted by atomic mass is 10.1. The van der Waals surface area contributed by atoms with Crippen molar-refractivity contribution in [1.29, 1.82) is 0 Å². The van der Waals surface area contributed by atoms with Gasteiger partial charge in [0.15, 0.2) is 0 Å². The highest BCUT2D eigenvalue weighted by atomic mass is 16.2. The topological polar surface area (TPSA) is 53.5 Å². The van der Waals surface area contributed by atoms with Gasteiger partial charge in [0.25, 0.3) is 0 Å². The minimum absolute atomic E-state index is 0.00796. The van der Waals surface area contributed by atoms with Gasteiger partial charge >= 0.3 is 0 Å². The van der Waals surface area contributed by atoms with Crippen LogP contribution < -0.4 is 4.90 Å². The van der Waals surface area contributed by atoms with Gasteiger partial charge in [-0.05, 0) is 30.5 Å². The molecule has 0 spiro atoms. The fourth-order valence-electron chi connectivity index (χ4n) is 4.24. The number of nitrogens with zero attached hydrogens (tertiary/aromatic N) is 3. The van der Waals surface area contributed by atoms with Crippen molar-refractivity contribution in [1.82, 2.24) is 9.88 Å². The zero-order valence-electron chi connectivity index (χ0n) is 15.5. The van der Waals surface area contributed by atoms with E-state index in [1.165, 1.54) is 12.8 Å². The lowest BCUT2D eigenvalue weighted by Crippen LogP contribution is -2.39. The van der Waals surface area contributed by atoms with Crippen LogP contribution in [0.25, 0.3) is 0 Å². The predicted molar refractivity (Wildman–Crippen MR) is 104 cm³/mol. The summed E-state index contributed by atoms with van der Waals surface area (Å²) in [5.41, 5.74) is 1.05. The number of aromatic nitrogens is 1. The Morgan fingerprint density at radius 3 is 2.52 bits per heavy atom. The van der Waals surface area contributed by atoms with Gasteiger partial charge in [-0.3, -0.25) is 14.5 Å². The summed E-state index contributed by atoms with van der Waals surface area (Å²) in [6, 6.07) is 15.8. The average Bonchev–Trinajstić information content (AvgIpc) is 3.36. The SMILES string of the molecule is O=C(C1CC(=O)N(C2CCCC2)C1)N(Cc1ccccc1)c1ccccn1. The number of anilines is 1. The maximum Gasteiger partial charge on any atom is 0.233 e. The molecule has 2 aliphatic rings. The van der Waals surface area contributed by atoms with E-state index in [1.54, 1.807) is 11.1 Å². The number of pyridine rings is 1. The summed E-state index contributed by atoms with van der Waals surface area (Å²) in [5, 5.41) is 0. The Labute approximate surface area is 160 Å². The molecule has 2 fully saturated rings. The van der Waals surface area contributed by atoms with Crippen LogP contribution in [-0.4, -0.2) is 34.3 Å². The van der Waals surface area contributed by atoms with E-state index in [0.29, 0.717) is 31.4 Å². The largest absolute Gasteiger partial charge is 0.339 e. The Bertz CT molecular complexity index is 788. The minimum Gasteiger partial charge on any atom is -0.339 e. The standard InChI is InChI=1S/C22H25N3O2/c26-21-14-18(16-24(21)19-10-4-5-11-19)22(27)25(20-12-6-7-13-23-20)15-17-8-2-1-3-9-17/h1-3,6-9,12-13,18-19H,4-5,10-11,14-16H2. The van der Waals surface area contributed by atoms with Gasteiger partial charge in [-0.25, -0.2) is 4.98 Å². The Kier molecular flexibility index (Phi) is 5.19. The van der Waals surface area contributed by atoms with Crippen molar-refractivity contribution in [2.45, 2.75) is 44.7 Å². The first-order valence-corrected chi connectivity index (χ1v) is 9.78. The summed E-state index contributed by atoms with van der Waals surface area (Å²) < 4.78 is 0. The molecule has 2 amide bonds. The molecule has 5 heteroatoms. The van der Waals surface area contributed by atoms with E-state index in [0.717, 1.165) is 18.4 Å². The Morgan fingerprint density at radius 1 is 1.07 bits per heavy atom. The third-order valence-corrected chi connectivity index (χ3v) is 5.65. The molecule has 0 bridgehead atoms. The maximum absolute atomic E-state index is 13.4. The summed E-state index contributed by atoms with van der Waals surface area (Å²) in [4.78, 5) is 34.0. The molecule has 5 nitrogen and oxygen atoms in total. The van der Waals surface area contributed by atoms with Gasteiger partial charge in [0.1, 0.15) is 5.82 Å². The second-order valence-corrected chi connectivity index (χ2v) is 7.48. The van der Waals surface area contributed by atoms with E-state index in [-0.39, 0.29) is 17.7 Å². The lowest BCUT2D eigenvalue weighted by molar-refractivity contribution is -0.130. The second-order valence-electron chi connectivity index (χ2n) is 7.48. The third kappa shape index (κ3) is 3.87. The van der Waals surface area contributed by atoms with Crippen molar-refractivity contribution < 1.29 is 9.59 Å². The fraction of sp³-hybridized carbons (Fsp3) is 0.409. The number of amides is 2. The van der Waals surface area contributed by atoms with E-state index in [9.17, 15) is 9.59 Å². The van der Waals surface area contributed by atoms with Gasteiger partial charge in [-0.1, -0.05) is 49.2 Å². The van der Waals surface area contributed by atoms with E-state index in [2.05, 4.69) is 4.98 Å². The summed E-state index contributed by atoms with van der Waals surface area (Å²) in [6.07, 6.45) is 6.52. The molecular weight excluding hydrogens is 338 g/mol. The highest BCUT2D eigenvalue weighted by Gasteiger charge is 2.40. The van der Waals surface area contributed by atoms with E-state index in [4.69, 9.17) is 0 Å². The van der Waals surface area contributed by atoms with Gasteiger partial charge < -0.3 is 4.90 Å². The molecule has 0 N–H and O–H groups in total. The normalized spacial score (nSPS) is 20.2. The highest BCUT2D eigenvalue weighted by Crippen LogP contribution is 2.31. The average molecular weight is 363 g/mol. The van der Waals surface area contributed by atoms with Gasteiger partial charge in [-0.15, -0.1) is 0 Å². The Balaban J connectivity index is 1.54. The lowest BCUT2D eigenvalue weighted by Gasteiger charge is -2.26. The van der Waals surface area contributed by atoms with Gasteiger partial charge in [0.2, 0.25) is 11.8 Å². The van der Waals surface area contributed by atoms with Crippen molar-refractivity contribution >= 4 is 17.6 Å². The number of benzene rings is 1. The smallest absolute Gasteiger partial charge is 0.233 e. The molecule has 27 heavy (non-hydrogen) atoms. The number of carbonyl (C=O) groups excluding carboxylic acids is 2. The first-order valence-electron chi connectivity index (χ1n) is 9.78. The van der Waals surface area contributed by atoms with Crippen LogP contribution in [0.2, 0.25) is 0 Å². The van der Waals surface area contributed by atoms with Crippen LogP contribution in [0.1, 0.15) is 37.7 Å². The Hall–Kier alpha value is -2.69. The molecule has 1 atom stereocenters. The van der Waals surface area contributed by atoms with Gasteiger partial charge in [0.05, 0.1) is 12.5 Å². The van der Waals surface area contributed by atoms with E-state index < -0.39 is 0 Å². The molecule has 1 saturated heterocycles. The molecule has 1 aliphatic carbocycles. The summed E-state index contributed by atoms with van der Waals surface area (Å²) in [5.74, 6) is 0.467. The molecule has 1 aliphatic heterocycles. The molecule has 140 valence electrons. The maximum atomic E-state index is 13.4. The fourth-order valence-corrected chi connectivity index (χ4v) is 4.24. The number of carbonyl (C=O) groups is 2. The van der Waals surface area contributed by atoms with Crippen LogP contribution >= 0.6 is 0 Å². The van der Waals surface area contributed by atoms with Crippen molar-refractivity contribution in [3.63, 3.8) is 0 Å². The highest BCUT2D eigenvalue weighted by molar-refractivity contribution is 5.98. The first-order chi connectivity index (χ1) is 13.2. The minimum atomic E-state index is -0.288. The predicted octanol–water partition coefficient (Wildman–Crippen LogP) is 3.41. The molecule has 1 unspecified atom stereocenters. The number of hydrogen-bond acceptors (Lipinski definition) is 3. The van der Waals surface area contributed by atoms with Crippen LogP contribution in [0.4, 0.5) is 5.82 Å². The van der Waals surface area contributed by atoms with Crippen LogP contribution in [0, 0.1) is 5.92 Å². The van der Waals surface area contributed by atoms with Crippen LogP contribution in [0.5, 0.6) is 0 Å². The van der Waals surface area contributed by atoms with E-state index in [1.807, 2.05) is 53.4 Å². The number of rotatable bonds is 5. The summed E-state index contributed by atoms with van der Waals surface area (Å²) >= 11 is 0. The Morgan fingerprint density at radius 2 is 1.81 bits per heavy atom. The number of hydrogen-bond donors (Lipinski definition) is 0. The first kappa shape index (κ1) is 17.7. The third-order valence-electron chi connectivity index (χ3n) is 5.65. The molecule has 1 saturated carbocycles. The van der Waals surface area contributed by atoms with Crippen LogP contribution in [0.15, 0.2) is 54.7 Å². The summed E-state index contributed by atoms with van der Waals surface area (Å²) in [7, 11) is 0. The monoisotopic (exact) mass is 363 g/mol. The molecule has 2 aromatic rings. The van der Waals surface area contributed by atoms with Crippen molar-refractivity contribution in [3.8, 4) is 0 Å². The van der Waals surface area contributed by atoms with E-state index >= 15 is 0 Å². The molecule has 4 rings (SSSR count). The van der Waals surface area contributed by atoms with Crippen molar-refractivity contribution in [3.05, 3.63) is 60.3 Å². The zero-order chi connectivity index (χ0) is 18.6. The molecule has 1 aromatic carbocycles.